The third kappa shape index (κ3) is 4.56. The van der Waals surface area contributed by atoms with Crippen LogP contribution in [0.3, 0.4) is 0 Å². The van der Waals surface area contributed by atoms with Crippen LogP contribution in [0, 0.1) is 17.8 Å². The number of halogens is 1. The molecule has 0 bridgehead atoms. The van der Waals surface area contributed by atoms with E-state index in [-0.39, 0.29) is 0 Å². The molecule has 3 heteroatoms. The van der Waals surface area contributed by atoms with Gasteiger partial charge in [-0.1, -0.05) is 26.2 Å². The third-order valence-electron chi connectivity index (χ3n) is 5.33. The van der Waals surface area contributed by atoms with E-state index < -0.39 is 0 Å². The summed E-state index contributed by atoms with van der Waals surface area (Å²) in [5.41, 5.74) is 0. The van der Waals surface area contributed by atoms with Gasteiger partial charge in [0, 0.05) is 15.4 Å². The van der Waals surface area contributed by atoms with E-state index in [0.29, 0.717) is 0 Å². The Morgan fingerprint density at radius 2 is 2.10 bits per heavy atom. The molecule has 0 saturated heterocycles. The first-order chi connectivity index (χ1) is 10.3. The molecular formula is C18H28BrNS. The zero-order valence-electron chi connectivity index (χ0n) is 13.1. The second-order valence-electron chi connectivity index (χ2n) is 7.07. The van der Waals surface area contributed by atoms with E-state index in [2.05, 4.69) is 39.6 Å². The molecule has 1 N–H and O–H groups in total. The number of hydrogen-bond acceptors (Lipinski definition) is 2. The number of hydrogen-bond donors (Lipinski definition) is 1. The predicted octanol–water partition coefficient (Wildman–Crippen LogP) is 5.64. The van der Waals surface area contributed by atoms with Crippen molar-refractivity contribution >= 4 is 27.3 Å². The van der Waals surface area contributed by atoms with Gasteiger partial charge in [0.2, 0.25) is 0 Å². The van der Waals surface area contributed by atoms with Gasteiger partial charge in [0.1, 0.15) is 0 Å². The van der Waals surface area contributed by atoms with E-state index in [1.807, 2.05) is 11.3 Å². The molecule has 3 atom stereocenters. The van der Waals surface area contributed by atoms with Crippen molar-refractivity contribution < 1.29 is 0 Å². The molecule has 1 heterocycles. The van der Waals surface area contributed by atoms with E-state index >= 15 is 0 Å². The van der Waals surface area contributed by atoms with Crippen molar-refractivity contribution in [1.29, 1.82) is 0 Å². The number of rotatable bonds is 7. The van der Waals surface area contributed by atoms with Gasteiger partial charge >= 0.3 is 0 Å². The largest absolute Gasteiger partial charge is 0.314 e. The summed E-state index contributed by atoms with van der Waals surface area (Å²) in [7, 11) is 0. The van der Waals surface area contributed by atoms with Crippen LogP contribution in [0.4, 0.5) is 0 Å². The monoisotopic (exact) mass is 369 g/mol. The quantitative estimate of drug-likeness (QED) is 0.655. The fourth-order valence-corrected chi connectivity index (χ4v) is 5.54. The molecule has 118 valence electrons. The van der Waals surface area contributed by atoms with Gasteiger partial charge in [-0.2, -0.15) is 0 Å². The van der Waals surface area contributed by atoms with Gasteiger partial charge in [-0.05, 0) is 83.8 Å². The minimum atomic E-state index is 0.854. The first-order valence-corrected chi connectivity index (χ1v) is 10.4. The third-order valence-corrected chi connectivity index (χ3v) is 7.28. The summed E-state index contributed by atoms with van der Waals surface area (Å²) in [4.78, 5) is 1.56. The average molecular weight is 370 g/mol. The SMILES string of the molecule is CCCC1CCC(CNC2CC2)C(Cc2sccc2Br)C1. The minimum absolute atomic E-state index is 0.854. The molecule has 1 nitrogen and oxygen atoms in total. The van der Waals surface area contributed by atoms with Crippen LogP contribution < -0.4 is 5.32 Å². The Hall–Kier alpha value is 0.140. The molecule has 2 aliphatic carbocycles. The standard InChI is InChI=1S/C18H28BrNS/c1-2-3-13-4-5-14(12-20-16-6-7-16)15(10-13)11-18-17(19)8-9-21-18/h8-9,13-16,20H,2-7,10-12H2,1H3. The first-order valence-electron chi connectivity index (χ1n) is 8.71. The van der Waals surface area contributed by atoms with Crippen LogP contribution in [0.25, 0.3) is 0 Å². The summed E-state index contributed by atoms with van der Waals surface area (Å²) < 4.78 is 1.33. The molecule has 2 aliphatic rings. The van der Waals surface area contributed by atoms with Gasteiger partial charge in [-0.25, -0.2) is 0 Å². The topological polar surface area (TPSA) is 12.0 Å². The van der Waals surface area contributed by atoms with Crippen molar-refractivity contribution in [2.24, 2.45) is 17.8 Å². The molecule has 2 fully saturated rings. The second-order valence-corrected chi connectivity index (χ2v) is 8.92. The Bertz CT molecular complexity index is 440. The zero-order chi connectivity index (χ0) is 14.7. The van der Waals surface area contributed by atoms with Gasteiger partial charge in [0.05, 0.1) is 0 Å². The van der Waals surface area contributed by atoms with Crippen molar-refractivity contribution in [3.8, 4) is 0 Å². The van der Waals surface area contributed by atoms with Crippen LogP contribution in [0.5, 0.6) is 0 Å². The van der Waals surface area contributed by atoms with E-state index in [4.69, 9.17) is 0 Å². The smallest absolute Gasteiger partial charge is 0.0314 e. The summed E-state index contributed by atoms with van der Waals surface area (Å²) in [5, 5.41) is 6.01. The van der Waals surface area contributed by atoms with Gasteiger partial charge < -0.3 is 5.32 Å². The maximum absolute atomic E-state index is 3.79. The fourth-order valence-electron chi connectivity index (χ4n) is 3.93. The Labute approximate surface area is 142 Å². The van der Waals surface area contributed by atoms with Gasteiger partial charge in [-0.3, -0.25) is 0 Å². The van der Waals surface area contributed by atoms with Crippen molar-refractivity contribution in [1.82, 2.24) is 5.32 Å². The van der Waals surface area contributed by atoms with Crippen LogP contribution in [0.15, 0.2) is 15.9 Å². The van der Waals surface area contributed by atoms with E-state index in [0.717, 1.165) is 23.8 Å². The lowest BCUT2D eigenvalue weighted by Gasteiger charge is -2.36. The molecule has 0 spiro atoms. The number of thiophene rings is 1. The maximum atomic E-state index is 3.79. The molecule has 0 aliphatic heterocycles. The Kier molecular flexibility index (Phi) is 5.80. The molecule has 0 aromatic carbocycles. The summed E-state index contributed by atoms with van der Waals surface area (Å²) in [6, 6.07) is 3.07. The van der Waals surface area contributed by atoms with Crippen molar-refractivity contribution in [3.63, 3.8) is 0 Å². The van der Waals surface area contributed by atoms with Crippen LogP contribution in [0.2, 0.25) is 0 Å². The van der Waals surface area contributed by atoms with Gasteiger partial charge in [0.15, 0.2) is 0 Å². The van der Waals surface area contributed by atoms with Crippen LogP contribution in [-0.4, -0.2) is 12.6 Å². The number of nitrogens with one attached hydrogen (secondary N) is 1. The highest BCUT2D eigenvalue weighted by atomic mass is 79.9. The van der Waals surface area contributed by atoms with Crippen LogP contribution >= 0.6 is 27.3 Å². The van der Waals surface area contributed by atoms with E-state index in [1.54, 1.807) is 4.88 Å². The summed E-state index contributed by atoms with van der Waals surface area (Å²) in [6.45, 7) is 3.60. The predicted molar refractivity (Wildman–Crippen MR) is 96.0 cm³/mol. The summed E-state index contributed by atoms with van der Waals surface area (Å²) in [5.74, 6) is 2.76. The van der Waals surface area contributed by atoms with Gasteiger partial charge in [0.25, 0.3) is 0 Å². The normalized spacial score (nSPS) is 29.7. The summed E-state index contributed by atoms with van der Waals surface area (Å²) >= 11 is 5.66. The van der Waals surface area contributed by atoms with Crippen molar-refractivity contribution in [2.75, 3.05) is 6.54 Å². The Balaban J connectivity index is 1.61. The molecule has 1 aromatic rings. The molecule has 0 amide bonds. The first kappa shape index (κ1) is 16.0. The maximum Gasteiger partial charge on any atom is 0.0314 e. The lowest BCUT2D eigenvalue weighted by Crippen LogP contribution is -2.35. The lowest BCUT2D eigenvalue weighted by molar-refractivity contribution is 0.167. The Morgan fingerprint density at radius 1 is 1.24 bits per heavy atom. The lowest BCUT2D eigenvalue weighted by atomic mass is 9.71. The molecule has 1 aromatic heterocycles. The van der Waals surface area contributed by atoms with Crippen LogP contribution in [-0.2, 0) is 6.42 Å². The highest BCUT2D eigenvalue weighted by Crippen LogP contribution is 2.40. The van der Waals surface area contributed by atoms with E-state index in [1.165, 1.54) is 62.4 Å². The fraction of sp³-hybridized carbons (Fsp3) is 0.778. The van der Waals surface area contributed by atoms with E-state index in [9.17, 15) is 0 Å². The molecular weight excluding hydrogens is 342 g/mol. The molecule has 3 unspecified atom stereocenters. The average Bonchev–Trinajstić information content (AvgIpc) is 3.22. The Morgan fingerprint density at radius 3 is 2.76 bits per heavy atom. The second kappa shape index (κ2) is 7.61. The van der Waals surface area contributed by atoms with Crippen LogP contribution in [0.1, 0.15) is 56.7 Å². The zero-order valence-corrected chi connectivity index (χ0v) is 15.5. The summed E-state index contributed by atoms with van der Waals surface area (Å²) in [6.07, 6.45) is 11.3. The van der Waals surface area contributed by atoms with Crippen molar-refractivity contribution in [3.05, 3.63) is 20.8 Å². The van der Waals surface area contributed by atoms with Gasteiger partial charge in [-0.15, -0.1) is 11.3 Å². The highest BCUT2D eigenvalue weighted by molar-refractivity contribution is 9.10. The molecule has 2 saturated carbocycles. The molecule has 0 radical (unpaired) electrons. The molecule has 21 heavy (non-hydrogen) atoms. The highest BCUT2D eigenvalue weighted by Gasteiger charge is 2.32. The molecule has 3 rings (SSSR count). The van der Waals surface area contributed by atoms with Crippen molar-refractivity contribution in [2.45, 2.75) is 64.3 Å². The minimum Gasteiger partial charge on any atom is -0.314 e.